The standard InChI is InChI=1S/C26H34ClN3O3.C25H30ClN3O2.C20H25ClN4O.C12H12ClN3.ClH/c1-26(2,3)33-24(31)12-7-17-5-8-18(9-6-17)25(32)30-16-20-15-28-29(4)23(20)14-19-13-21(27)10-11-22(19)30;1-28-23-13-19-12-21(26)9-10-22(19)29(15-20(23)14-27-28)25(31)18-5-2-16(3-6-18)4-11-24(30)17-7-8-17;1-24-19-9-15-8-17(21)6-7-18(15)25(12-16(19)11-23-24)20(26)14-4-2-13(10-22)3-5-14;1-16-12-5-8-4-10(13)2-3-11(8)14-6-9(12)7-15-16;/h10-11,13,15,17-18H,5-9,12,14,16H2,1-4H3;9-10,12,14,16-18H,2-8,11,13,15H2,1H3;6-8,11,13-14H,2-5,9-10,12,22H2,1H3;2-4,7,14H,5-6H2,1H3;1H. The van der Waals surface area contributed by atoms with Gasteiger partial charge in [-0.1, -0.05) is 46.4 Å². The molecule has 0 spiro atoms. The van der Waals surface area contributed by atoms with Crippen LogP contribution < -0.4 is 25.8 Å². The molecule has 4 saturated carbocycles. The van der Waals surface area contributed by atoms with Gasteiger partial charge in [0, 0.05) is 185 Å². The largest absolute Gasteiger partial charge is 0.460 e. The fourth-order valence-corrected chi connectivity index (χ4v) is 17.7. The average Bonchev–Trinajstić information content (AvgIpc) is 1.53. The Bertz CT molecular complexity index is 4530. The first-order chi connectivity index (χ1) is 50.9. The van der Waals surface area contributed by atoms with Crippen LogP contribution >= 0.6 is 58.8 Å². The number of fused-ring (bicyclic) bond motifs is 8. The zero-order chi connectivity index (χ0) is 74.7. The highest BCUT2D eigenvalue weighted by atomic mass is 35.5. The first-order valence-electron chi connectivity index (χ1n) is 38.2. The van der Waals surface area contributed by atoms with E-state index in [1.54, 1.807) is 0 Å². The lowest BCUT2D eigenvalue weighted by Gasteiger charge is -2.32. The van der Waals surface area contributed by atoms with Crippen LogP contribution in [0.3, 0.4) is 0 Å². The van der Waals surface area contributed by atoms with E-state index in [1.807, 2.05) is 180 Å². The van der Waals surface area contributed by atoms with E-state index in [9.17, 15) is 24.0 Å². The van der Waals surface area contributed by atoms with E-state index < -0.39 is 5.60 Å². The molecule has 4 fully saturated rings. The number of rotatable bonds is 11. The molecule has 0 atom stereocenters. The molecular formula is C83H102Cl5N13O6. The van der Waals surface area contributed by atoms with Crippen molar-refractivity contribution in [3.8, 4) is 0 Å². The quantitative estimate of drug-likeness (QED) is 0.116. The molecule has 8 aromatic rings. The molecular weight excluding hydrogens is 1450 g/mol. The van der Waals surface area contributed by atoms with Crippen molar-refractivity contribution in [2.45, 2.75) is 194 Å². The molecule has 19 nitrogen and oxygen atoms in total. The van der Waals surface area contributed by atoms with Crippen LogP contribution in [0.4, 0.5) is 22.7 Å². The molecule has 107 heavy (non-hydrogen) atoms. The van der Waals surface area contributed by atoms with Crippen LogP contribution in [0.2, 0.25) is 20.1 Å². The summed E-state index contributed by atoms with van der Waals surface area (Å²) in [4.78, 5) is 70.7. The minimum atomic E-state index is -0.441. The zero-order valence-corrected chi connectivity index (χ0v) is 66.6. The summed E-state index contributed by atoms with van der Waals surface area (Å²) >= 11 is 24.8. The molecule has 4 aromatic heterocycles. The number of carbonyl (C=O) groups is 5. The number of nitrogens with one attached hydrogen (secondary N) is 1. The van der Waals surface area contributed by atoms with Gasteiger partial charge in [-0.15, -0.1) is 12.4 Å². The maximum absolute atomic E-state index is 13.7. The molecule has 24 heteroatoms. The van der Waals surface area contributed by atoms with Gasteiger partial charge in [-0.05, 0) is 243 Å². The number of ketones is 1. The van der Waals surface area contributed by atoms with E-state index in [4.69, 9.17) is 56.9 Å². The molecule has 3 amide bonds. The van der Waals surface area contributed by atoms with E-state index in [-0.39, 0.29) is 53.9 Å². The number of anilines is 4. The molecule has 570 valence electrons. The van der Waals surface area contributed by atoms with Crippen molar-refractivity contribution in [2.24, 2.45) is 75.3 Å². The number of nitrogens with zero attached hydrogens (tertiary/aromatic N) is 11. The van der Waals surface area contributed by atoms with Crippen molar-refractivity contribution in [3.63, 3.8) is 0 Å². The van der Waals surface area contributed by atoms with Gasteiger partial charge in [0.05, 0.1) is 44.4 Å². The minimum absolute atomic E-state index is 0. The van der Waals surface area contributed by atoms with Gasteiger partial charge in [0.1, 0.15) is 11.4 Å². The summed E-state index contributed by atoms with van der Waals surface area (Å²) in [6.45, 7) is 8.92. The van der Waals surface area contributed by atoms with Crippen molar-refractivity contribution < 1.29 is 28.7 Å². The van der Waals surface area contributed by atoms with Crippen molar-refractivity contribution in [1.82, 2.24) is 39.1 Å². The summed E-state index contributed by atoms with van der Waals surface area (Å²) in [5.41, 5.74) is 23.1. The highest BCUT2D eigenvalue weighted by Crippen LogP contribution is 2.43. The summed E-state index contributed by atoms with van der Waals surface area (Å²) in [5, 5.41) is 23.8. The predicted molar refractivity (Wildman–Crippen MR) is 425 cm³/mol. The SMILES string of the molecule is Cl.Cn1ncc2c1Cc1cc(Cl)ccc1N(C(=O)C1CCC(CCC(=O)C3CC3)CC1)C2.Cn1ncc2c1Cc1cc(Cl)ccc1N(C(=O)C1CCC(CCC(=O)OC(C)(C)C)CC1)C2.Cn1ncc2c1Cc1cc(Cl)ccc1N(C(=O)C1CCC(CN)CC1)C2.Cn1ncc2c1Cc1cc(Cl)ccc1NC2. The second-order valence-electron chi connectivity index (χ2n) is 31.7. The van der Waals surface area contributed by atoms with Gasteiger partial charge in [-0.2, -0.15) is 20.4 Å². The third kappa shape index (κ3) is 19.0. The van der Waals surface area contributed by atoms with E-state index in [0.29, 0.717) is 77.0 Å². The number of ether oxygens (including phenoxy) is 1. The van der Waals surface area contributed by atoms with Crippen LogP contribution in [0.15, 0.2) is 97.6 Å². The smallest absolute Gasteiger partial charge is 0.306 e. The summed E-state index contributed by atoms with van der Waals surface area (Å²) in [6, 6.07) is 23.5. The number of aromatic nitrogens is 8. The number of nitrogens with two attached hydrogens (primary N) is 1. The molecule has 0 radical (unpaired) electrons. The van der Waals surface area contributed by atoms with E-state index in [1.165, 1.54) is 22.5 Å². The number of carbonyl (C=O) groups excluding carboxylic acids is 5. The van der Waals surface area contributed by atoms with Crippen LogP contribution in [-0.2, 0) is 109 Å². The Morgan fingerprint density at radius 1 is 0.439 bits per heavy atom. The fraction of sp³-hybridized carbons (Fsp3) is 0.506. The molecule has 4 aliphatic carbocycles. The number of hydrogen-bond acceptors (Lipinski definition) is 12. The van der Waals surface area contributed by atoms with Crippen LogP contribution in [0.5, 0.6) is 0 Å². The lowest BCUT2D eigenvalue weighted by Crippen LogP contribution is -2.38. The molecule has 0 bridgehead atoms. The predicted octanol–water partition coefficient (Wildman–Crippen LogP) is 16.8. The summed E-state index contributed by atoms with van der Waals surface area (Å²) in [5.74, 6) is 3.09. The third-order valence-corrected chi connectivity index (χ3v) is 24.2. The molecule has 8 aliphatic rings. The van der Waals surface area contributed by atoms with Gasteiger partial charge in [0.15, 0.2) is 0 Å². The summed E-state index contributed by atoms with van der Waals surface area (Å²) in [6.07, 6.45) is 27.4. The normalized spacial score (nSPS) is 20.5. The maximum Gasteiger partial charge on any atom is 0.306 e. The average molecular weight is 1560 g/mol. The number of halogens is 5. The first-order valence-corrected chi connectivity index (χ1v) is 39.7. The lowest BCUT2D eigenvalue weighted by molar-refractivity contribution is -0.155. The molecule has 0 saturated heterocycles. The Labute approximate surface area is 655 Å². The van der Waals surface area contributed by atoms with Crippen LogP contribution in [0.25, 0.3) is 0 Å². The van der Waals surface area contributed by atoms with E-state index >= 15 is 0 Å². The van der Waals surface area contributed by atoms with E-state index in [0.717, 1.165) is 214 Å². The van der Waals surface area contributed by atoms with Gasteiger partial charge in [-0.3, -0.25) is 42.7 Å². The van der Waals surface area contributed by atoms with Crippen molar-refractivity contribution in [1.29, 1.82) is 0 Å². The monoisotopic (exact) mass is 1550 g/mol. The Balaban J connectivity index is 0.000000136. The molecule has 4 aliphatic heterocycles. The number of aryl methyl sites for hydroxylation is 4. The highest BCUT2D eigenvalue weighted by Gasteiger charge is 2.38. The van der Waals surface area contributed by atoms with Gasteiger partial charge in [-0.25, -0.2) is 0 Å². The van der Waals surface area contributed by atoms with Crippen LogP contribution in [0.1, 0.15) is 204 Å². The second-order valence-corrected chi connectivity index (χ2v) is 33.5. The third-order valence-electron chi connectivity index (χ3n) is 23.3. The Morgan fingerprint density at radius 2 is 0.766 bits per heavy atom. The summed E-state index contributed by atoms with van der Waals surface area (Å²) < 4.78 is 13.1. The van der Waals surface area contributed by atoms with Crippen LogP contribution in [-0.4, -0.2) is 80.7 Å². The highest BCUT2D eigenvalue weighted by molar-refractivity contribution is 6.31. The molecule has 3 N–H and O–H groups in total. The van der Waals surface area contributed by atoms with Gasteiger partial charge >= 0.3 is 5.97 Å². The number of esters is 1. The molecule has 16 rings (SSSR count). The Kier molecular flexibility index (Phi) is 25.6. The minimum Gasteiger partial charge on any atom is -0.460 e. The number of Topliss-reactive ketones (excluding diaryl/α,β-unsaturated/α-hetero) is 1. The Hall–Kier alpha value is -7.52. The van der Waals surface area contributed by atoms with Gasteiger partial charge in [0.25, 0.3) is 0 Å². The van der Waals surface area contributed by atoms with Gasteiger partial charge < -0.3 is 30.5 Å². The second kappa shape index (κ2) is 34.6. The topological polar surface area (TPSA) is 214 Å². The molecule has 0 unspecified atom stereocenters. The van der Waals surface area contributed by atoms with Crippen LogP contribution in [0, 0.1) is 41.4 Å². The van der Waals surface area contributed by atoms with Crippen molar-refractivity contribution >= 4 is 111 Å². The van der Waals surface area contributed by atoms with E-state index in [2.05, 4.69) is 25.7 Å². The van der Waals surface area contributed by atoms with Crippen molar-refractivity contribution in [3.05, 3.63) is 185 Å². The molecule has 4 aromatic carbocycles. The first kappa shape index (κ1) is 79.0. The van der Waals surface area contributed by atoms with Crippen molar-refractivity contribution in [2.75, 3.05) is 26.6 Å². The number of hydrogen-bond donors (Lipinski definition) is 2. The lowest BCUT2D eigenvalue weighted by atomic mass is 9.79. The Morgan fingerprint density at radius 3 is 1.14 bits per heavy atom. The number of amides is 3. The molecule has 8 heterocycles. The number of benzene rings is 4. The van der Waals surface area contributed by atoms with Gasteiger partial charge in [0.2, 0.25) is 17.7 Å². The summed E-state index contributed by atoms with van der Waals surface area (Å²) in [7, 11) is 7.83. The zero-order valence-electron chi connectivity index (χ0n) is 62.7. The maximum atomic E-state index is 13.7. The fourth-order valence-electron chi connectivity index (χ4n) is 16.9.